The molecule has 0 aromatic heterocycles. The molecule has 0 amide bonds. The lowest BCUT2D eigenvalue weighted by molar-refractivity contribution is 0.474. The SMILES string of the molecule is Oc1ccc(Br)cc1C=NNCc1ccccc1. The van der Waals surface area contributed by atoms with E-state index in [0.717, 1.165) is 10.0 Å². The molecule has 0 spiro atoms. The van der Waals surface area contributed by atoms with Crippen LogP contribution in [0.15, 0.2) is 58.1 Å². The van der Waals surface area contributed by atoms with Gasteiger partial charge < -0.3 is 10.5 Å². The molecule has 0 aliphatic heterocycles. The first-order chi connectivity index (χ1) is 8.75. The van der Waals surface area contributed by atoms with Crippen LogP contribution in [0.4, 0.5) is 0 Å². The predicted molar refractivity (Wildman–Crippen MR) is 76.7 cm³/mol. The van der Waals surface area contributed by atoms with Crippen LogP contribution in [0, 0.1) is 0 Å². The number of nitrogens with one attached hydrogen (secondary N) is 1. The Bertz CT molecular complexity index is 541. The first kappa shape index (κ1) is 12.6. The van der Waals surface area contributed by atoms with Crippen molar-refractivity contribution in [3.05, 3.63) is 64.1 Å². The molecular formula is C14H13BrN2O. The summed E-state index contributed by atoms with van der Waals surface area (Å²) in [7, 11) is 0. The average Bonchev–Trinajstić information content (AvgIpc) is 2.40. The summed E-state index contributed by atoms with van der Waals surface area (Å²) >= 11 is 3.35. The topological polar surface area (TPSA) is 44.6 Å². The van der Waals surface area contributed by atoms with Crippen molar-refractivity contribution in [1.82, 2.24) is 5.43 Å². The highest BCUT2D eigenvalue weighted by molar-refractivity contribution is 9.10. The Balaban J connectivity index is 1.94. The average molecular weight is 305 g/mol. The van der Waals surface area contributed by atoms with Crippen molar-refractivity contribution in [3.8, 4) is 5.75 Å². The van der Waals surface area contributed by atoms with Crippen LogP contribution in [-0.4, -0.2) is 11.3 Å². The van der Waals surface area contributed by atoms with Gasteiger partial charge in [0.05, 0.1) is 12.8 Å². The zero-order valence-electron chi connectivity index (χ0n) is 9.68. The number of hydrogen-bond donors (Lipinski definition) is 2. The summed E-state index contributed by atoms with van der Waals surface area (Å²) < 4.78 is 0.907. The Morgan fingerprint density at radius 2 is 1.94 bits per heavy atom. The van der Waals surface area contributed by atoms with Gasteiger partial charge in [0.15, 0.2) is 0 Å². The van der Waals surface area contributed by atoms with E-state index in [2.05, 4.69) is 26.5 Å². The van der Waals surface area contributed by atoms with E-state index in [1.807, 2.05) is 36.4 Å². The van der Waals surface area contributed by atoms with E-state index in [-0.39, 0.29) is 5.75 Å². The monoisotopic (exact) mass is 304 g/mol. The third-order valence-electron chi connectivity index (χ3n) is 2.41. The molecule has 0 aliphatic carbocycles. The maximum Gasteiger partial charge on any atom is 0.124 e. The number of benzene rings is 2. The first-order valence-corrected chi connectivity index (χ1v) is 6.33. The van der Waals surface area contributed by atoms with Gasteiger partial charge in [-0.1, -0.05) is 46.3 Å². The van der Waals surface area contributed by atoms with Crippen LogP contribution in [0.1, 0.15) is 11.1 Å². The molecule has 18 heavy (non-hydrogen) atoms. The van der Waals surface area contributed by atoms with Gasteiger partial charge in [0.2, 0.25) is 0 Å². The fourth-order valence-electron chi connectivity index (χ4n) is 1.48. The maximum absolute atomic E-state index is 9.61. The van der Waals surface area contributed by atoms with Gasteiger partial charge in [-0.2, -0.15) is 5.10 Å². The lowest BCUT2D eigenvalue weighted by Crippen LogP contribution is -2.05. The van der Waals surface area contributed by atoms with E-state index in [1.54, 1.807) is 18.3 Å². The van der Waals surface area contributed by atoms with Crippen molar-refractivity contribution in [2.45, 2.75) is 6.54 Å². The summed E-state index contributed by atoms with van der Waals surface area (Å²) in [4.78, 5) is 0. The van der Waals surface area contributed by atoms with Crippen molar-refractivity contribution in [1.29, 1.82) is 0 Å². The van der Waals surface area contributed by atoms with E-state index in [9.17, 15) is 5.11 Å². The Hall–Kier alpha value is -1.81. The summed E-state index contributed by atoms with van der Waals surface area (Å²) in [5, 5.41) is 13.7. The number of hydrogen-bond acceptors (Lipinski definition) is 3. The second kappa shape index (κ2) is 6.21. The van der Waals surface area contributed by atoms with E-state index >= 15 is 0 Å². The third-order valence-corrected chi connectivity index (χ3v) is 2.90. The van der Waals surface area contributed by atoms with Gasteiger partial charge in [0.1, 0.15) is 5.75 Å². The summed E-state index contributed by atoms with van der Waals surface area (Å²) in [6.45, 7) is 0.659. The number of nitrogens with zero attached hydrogens (tertiary/aromatic N) is 1. The van der Waals surface area contributed by atoms with Crippen molar-refractivity contribution in [2.24, 2.45) is 5.10 Å². The molecule has 0 bridgehead atoms. The molecule has 3 nitrogen and oxygen atoms in total. The molecule has 0 fully saturated rings. The predicted octanol–water partition coefficient (Wildman–Crippen LogP) is 3.28. The molecule has 2 rings (SSSR count). The molecule has 0 unspecified atom stereocenters. The van der Waals surface area contributed by atoms with E-state index in [0.29, 0.717) is 12.1 Å². The van der Waals surface area contributed by atoms with Crippen LogP contribution in [-0.2, 0) is 6.54 Å². The molecule has 2 aromatic carbocycles. The number of phenols is 1. The summed E-state index contributed by atoms with van der Waals surface area (Å²) in [5.41, 5.74) is 4.77. The van der Waals surface area contributed by atoms with Gasteiger partial charge in [0.25, 0.3) is 0 Å². The molecule has 0 saturated carbocycles. The second-order valence-corrected chi connectivity index (χ2v) is 4.70. The Labute approximate surface area is 114 Å². The van der Waals surface area contributed by atoms with Gasteiger partial charge >= 0.3 is 0 Å². The molecule has 2 N–H and O–H groups in total. The van der Waals surface area contributed by atoms with Crippen LogP contribution < -0.4 is 5.43 Å². The number of halogens is 1. The normalized spacial score (nSPS) is 10.7. The largest absolute Gasteiger partial charge is 0.507 e. The maximum atomic E-state index is 9.61. The van der Waals surface area contributed by atoms with Crippen LogP contribution in [0.2, 0.25) is 0 Å². The van der Waals surface area contributed by atoms with E-state index in [4.69, 9.17) is 0 Å². The van der Waals surface area contributed by atoms with Gasteiger partial charge in [-0.05, 0) is 23.8 Å². The highest BCUT2D eigenvalue weighted by Crippen LogP contribution is 2.19. The Kier molecular flexibility index (Phi) is 4.36. The van der Waals surface area contributed by atoms with Crippen LogP contribution >= 0.6 is 15.9 Å². The van der Waals surface area contributed by atoms with Gasteiger partial charge in [-0.25, -0.2) is 0 Å². The van der Waals surface area contributed by atoms with Crippen LogP contribution in [0.3, 0.4) is 0 Å². The Morgan fingerprint density at radius 1 is 1.17 bits per heavy atom. The second-order valence-electron chi connectivity index (χ2n) is 3.78. The minimum atomic E-state index is 0.212. The molecule has 4 heteroatoms. The molecule has 2 aromatic rings. The molecule has 0 saturated heterocycles. The van der Waals surface area contributed by atoms with Crippen molar-refractivity contribution < 1.29 is 5.11 Å². The minimum Gasteiger partial charge on any atom is -0.507 e. The summed E-state index contributed by atoms with van der Waals surface area (Å²) in [5.74, 6) is 0.212. The lowest BCUT2D eigenvalue weighted by Gasteiger charge is -2.01. The van der Waals surface area contributed by atoms with Crippen LogP contribution in [0.5, 0.6) is 5.75 Å². The number of aromatic hydroxyl groups is 1. The third kappa shape index (κ3) is 3.60. The van der Waals surface area contributed by atoms with E-state index in [1.165, 1.54) is 0 Å². The molecule has 0 radical (unpaired) electrons. The molecule has 0 aliphatic rings. The molecular weight excluding hydrogens is 292 g/mol. The number of hydrazone groups is 1. The minimum absolute atomic E-state index is 0.212. The zero-order valence-corrected chi connectivity index (χ0v) is 11.3. The number of phenolic OH excluding ortho intramolecular Hbond substituents is 1. The van der Waals surface area contributed by atoms with Crippen molar-refractivity contribution in [3.63, 3.8) is 0 Å². The smallest absolute Gasteiger partial charge is 0.124 e. The van der Waals surface area contributed by atoms with Gasteiger partial charge in [-0.15, -0.1) is 0 Å². The highest BCUT2D eigenvalue weighted by atomic mass is 79.9. The van der Waals surface area contributed by atoms with Gasteiger partial charge in [-0.3, -0.25) is 0 Å². The standard InChI is InChI=1S/C14H13BrN2O/c15-13-6-7-14(18)12(8-13)10-17-16-9-11-4-2-1-3-5-11/h1-8,10,16,18H,9H2. The fraction of sp³-hybridized carbons (Fsp3) is 0.0714. The van der Waals surface area contributed by atoms with Crippen molar-refractivity contribution >= 4 is 22.1 Å². The Morgan fingerprint density at radius 3 is 2.72 bits per heavy atom. The summed E-state index contributed by atoms with van der Waals surface area (Å²) in [6, 6.07) is 15.2. The molecule has 0 atom stereocenters. The highest BCUT2D eigenvalue weighted by Gasteiger charge is 1.98. The first-order valence-electron chi connectivity index (χ1n) is 5.54. The fourth-order valence-corrected chi connectivity index (χ4v) is 1.86. The number of rotatable bonds is 4. The summed E-state index contributed by atoms with van der Waals surface area (Å²) in [6.07, 6.45) is 1.60. The molecule has 0 heterocycles. The zero-order chi connectivity index (χ0) is 12.8. The lowest BCUT2D eigenvalue weighted by atomic mass is 10.2. The van der Waals surface area contributed by atoms with Crippen molar-refractivity contribution in [2.75, 3.05) is 0 Å². The quantitative estimate of drug-likeness (QED) is 0.672. The van der Waals surface area contributed by atoms with Gasteiger partial charge in [0, 0.05) is 10.0 Å². The molecule has 92 valence electrons. The van der Waals surface area contributed by atoms with E-state index < -0.39 is 0 Å². The van der Waals surface area contributed by atoms with Crippen LogP contribution in [0.25, 0.3) is 0 Å².